The molecule has 2 fully saturated rings. The number of carbonyl (C=O) groups is 2. The summed E-state index contributed by atoms with van der Waals surface area (Å²) in [6.45, 7) is 2.58. The number of carboxylic acid groups (broad SMARTS) is 1. The first-order valence-electron chi connectivity index (χ1n) is 8.31. The maximum atomic E-state index is 12.9. The van der Waals surface area contributed by atoms with Crippen LogP contribution in [0.2, 0.25) is 0 Å². The Hall–Kier alpha value is -1.19. The molecule has 8 nitrogen and oxygen atoms in total. The first-order chi connectivity index (χ1) is 11.3. The van der Waals surface area contributed by atoms with E-state index >= 15 is 0 Å². The van der Waals surface area contributed by atoms with Crippen molar-refractivity contribution in [3.8, 4) is 0 Å². The van der Waals surface area contributed by atoms with Gasteiger partial charge in [-0.2, -0.15) is 0 Å². The van der Waals surface area contributed by atoms with Gasteiger partial charge in [0.1, 0.15) is 0 Å². The molecule has 3 unspecified atom stereocenters. The third kappa shape index (κ3) is 4.25. The zero-order valence-corrected chi connectivity index (χ0v) is 15.0. The van der Waals surface area contributed by atoms with Gasteiger partial charge < -0.3 is 14.7 Å². The molecule has 0 saturated carbocycles. The maximum absolute atomic E-state index is 12.9. The van der Waals surface area contributed by atoms with Crippen molar-refractivity contribution in [2.24, 2.45) is 5.92 Å². The molecule has 0 aromatic carbocycles. The van der Waals surface area contributed by atoms with E-state index in [0.29, 0.717) is 32.4 Å². The topological polar surface area (TPSA) is 104 Å². The fourth-order valence-corrected chi connectivity index (χ4v) is 4.70. The number of carbonyl (C=O) groups excluding carboxylic acids is 1. The molecule has 2 saturated heterocycles. The third-order valence-electron chi connectivity index (χ3n) is 4.89. The van der Waals surface area contributed by atoms with Gasteiger partial charge in [-0.1, -0.05) is 0 Å². The quantitative estimate of drug-likeness (QED) is 0.721. The summed E-state index contributed by atoms with van der Waals surface area (Å²) in [5.74, 6) is -1.50. The summed E-state index contributed by atoms with van der Waals surface area (Å²) in [5.41, 5.74) is 0. The third-order valence-corrected chi connectivity index (χ3v) is 6.74. The van der Waals surface area contributed by atoms with E-state index in [0.717, 1.165) is 0 Å². The van der Waals surface area contributed by atoms with Gasteiger partial charge in [-0.05, 0) is 26.2 Å². The van der Waals surface area contributed by atoms with E-state index in [4.69, 9.17) is 9.84 Å². The molecule has 2 rings (SSSR count). The SMILES string of the molecule is CCS(=O)(=O)N1CCCC(C(=O)N2CC(OC)CC2CC(=O)O)C1. The van der Waals surface area contributed by atoms with Crippen LogP contribution in [-0.2, 0) is 24.3 Å². The summed E-state index contributed by atoms with van der Waals surface area (Å²) in [4.78, 5) is 25.5. The molecule has 9 heteroatoms. The molecule has 24 heavy (non-hydrogen) atoms. The fraction of sp³-hybridized carbons (Fsp3) is 0.867. The predicted octanol–water partition coefficient (Wildman–Crippen LogP) is 0.139. The van der Waals surface area contributed by atoms with Crippen LogP contribution in [0.25, 0.3) is 0 Å². The lowest BCUT2D eigenvalue weighted by Gasteiger charge is -2.34. The summed E-state index contributed by atoms with van der Waals surface area (Å²) in [6, 6.07) is -0.391. The van der Waals surface area contributed by atoms with Crippen LogP contribution >= 0.6 is 0 Å². The Morgan fingerprint density at radius 3 is 2.58 bits per heavy atom. The van der Waals surface area contributed by atoms with Gasteiger partial charge >= 0.3 is 5.97 Å². The molecule has 2 heterocycles. The Morgan fingerprint density at radius 2 is 2.00 bits per heavy atom. The minimum Gasteiger partial charge on any atom is -0.481 e. The summed E-state index contributed by atoms with van der Waals surface area (Å²) in [7, 11) is -1.77. The van der Waals surface area contributed by atoms with Gasteiger partial charge in [-0.3, -0.25) is 9.59 Å². The van der Waals surface area contributed by atoms with Gasteiger partial charge in [0.05, 0.1) is 24.2 Å². The number of nitrogens with zero attached hydrogens (tertiary/aromatic N) is 2. The molecule has 0 aromatic heterocycles. The highest BCUT2D eigenvalue weighted by Crippen LogP contribution is 2.28. The number of rotatable bonds is 6. The normalized spacial score (nSPS) is 28.9. The molecule has 0 aliphatic carbocycles. The molecule has 1 amide bonds. The first kappa shape index (κ1) is 19.1. The molecule has 0 spiro atoms. The fourth-order valence-electron chi connectivity index (χ4n) is 3.52. The molecule has 3 atom stereocenters. The Bertz CT molecular complexity index is 579. The smallest absolute Gasteiger partial charge is 0.305 e. The van der Waals surface area contributed by atoms with Gasteiger partial charge in [-0.15, -0.1) is 0 Å². The molecule has 0 aromatic rings. The van der Waals surface area contributed by atoms with Gasteiger partial charge in [0.25, 0.3) is 0 Å². The van der Waals surface area contributed by atoms with E-state index in [1.807, 2.05) is 0 Å². The van der Waals surface area contributed by atoms with Gasteiger partial charge in [-0.25, -0.2) is 12.7 Å². The highest BCUT2D eigenvalue weighted by atomic mass is 32.2. The number of hydrogen-bond donors (Lipinski definition) is 1. The lowest BCUT2D eigenvalue weighted by molar-refractivity contribution is -0.141. The minimum atomic E-state index is -3.32. The largest absolute Gasteiger partial charge is 0.481 e. The van der Waals surface area contributed by atoms with Crippen LogP contribution in [0, 0.1) is 5.92 Å². The number of amides is 1. The number of likely N-dealkylation sites (tertiary alicyclic amines) is 1. The number of aliphatic carboxylic acids is 1. The number of piperidine rings is 1. The first-order valence-corrected chi connectivity index (χ1v) is 9.92. The van der Waals surface area contributed by atoms with Crippen molar-refractivity contribution in [1.29, 1.82) is 0 Å². The van der Waals surface area contributed by atoms with Crippen LogP contribution in [0.4, 0.5) is 0 Å². The van der Waals surface area contributed by atoms with Crippen molar-refractivity contribution in [3.63, 3.8) is 0 Å². The molecule has 1 N–H and O–H groups in total. The van der Waals surface area contributed by atoms with Crippen molar-refractivity contribution < 1.29 is 27.9 Å². The summed E-state index contributed by atoms with van der Waals surface area (Å²) >= 11 is 0. The van der Waals surface area contributed by atoms with Gasteiger partial charge in [0, 0.05) is 32.8 Å². The van der Waals surface area contributed by atoms with Gasteiger partial charge in [0.2, 0.25) is 15.9 Å². The number of hydrogen-bond acceptors (Lipinski definition) is 5. The number of sulfonamides is 1. The molecule has 0 radical (unpaired) electrons. The van der Waals surface area contributed by atoms with Crippen molar-refractivity contribution in [3.05, 3.63) is 0 Å². The monoisotopic (exact) mass is 362 g/mol. The Kier molecular flexibility index (Phi) is 6.22. The van der Waals surface area contributed by atoms with E-state index in [9.17, 15) is 18.0 Å². The molecule has 2 aliphatic rings. The second kappa shape index (κ2) is 7.79. The highest BCUT2D eigenvalue weighted by molar-refractivity contribution is 7.89. The average Bonchev–Trinajstić information content (AvgIpc) is 2.96. The lowest BCUT2D eigenvalue weighted by atomic mass is 9.97. The predicted molar refractivity (Wildman–Crippen MR) is 86.9 cm³/mol. The van der Waals surface area contributed by atoms with E-state index in [1.54, 1.807) is 18.9 Å². The summed E-state index contributed by atoms with van der Waals surface area (Å²) < 4.78 is 30.8. The Labute approximate surface area is 142 Å². The standard InChI is InChI=1S/C15H26N2O6S/c1-3-24(21,22)16-6-4-5-11(9-16)15(20)17-10-13(23-2)7-12(17)8-14(18)19/h11-13H,3-10H2,1-2H3,(H,18,19). The maximum Gasteiger partial charge on any atom is 0.305 e. The van der Waals surface area contributed by atoms with Crippen LogP contribution in [0.3, 0.4) is 0 Å². The van der Waals surface area contributed by atoms with Crippen molar-refractivity contribution >= 4 is 21.9 Å². The van der Waals surface area contributed by atoms with Crippen molar-refractivity contribution in [2.75, 3.05) is 32.5 Å². The summed E-state index contributed by atoms with van der Waals surface area (Å²) in [5, 5.41) is 9.06. The van der Waals surface area contributed by atoms with E-state index in [1.165, 1.54) is 4.31 Å². The summed E-state index contributed by atoms with van der Waals surface area (Å²) in [6.07, 6.45) is 1.48. The lowest BCUT2D eigenvalue weighted by Crippen LogP contribution is -2.48. The highest BCUT2D eigenvalue weighted by Gasteiger charge is 2.41. The van der Waals surface area contributed by atoms with Crippen molar-refractivity contribution in [1.82, 2.24) is 9.21 Å². The molecule has 138 valence electrons. The number of carboxylic acids is 1. The van der Waals surface area contributed by atoms with Crippen LogP contribution in [0.1, 0.15) is 32.6 Å². The molecule has 0 bridgehead atoms. The van der Waals surface area contributed by atoms with E-state index < -0.39 is 28.0 Å². The van der Waals surface area contributed by atoms with Crippen LogP contribution in [0.15, 0.2) is 0 Å². The Morgan fingerprint density at radius 1 is 1.29 bits per heavy atom. The molecular weight excluding hydrogens is 336 g/mol. The Balaban J connectivity index is 2.09. The van der Waals surface area contributed by atoms with E-state index in [2.05, 4.69) is 0 Å². The zero-order valence-electron chi connectivity index (χ0n) is 14.2. The van der Waals surface area contributed by atoms with Crippen LogP contribution in [-0.4, -0.2) is 79.2 Å². The molecular formula is C15H26N2O6S. The van der Waals surface area contributed by atoms with Gasteiger partial charge in [0.15, 0.2) is 0 Å². The van der Waals surface area contributed by atoms with E-state index in [-0.39, 0.29) is 30.7 Å². The number of methoxy groups -OCH3 is 1. The number of ether oxygens (including phenoxy) is 1. The molecule has 2 aliphatic heterocycles. The average molecular weight is 362 g/mol. The minimum absolute atomic E-state index is 0.0189. The second-order valence-corrected chi connectivity index (χ2v) is 8.69. The van der Waals surface area contributed by atoms with Crippen LogP contribution in [0.5, 0.6) is 0 Å². The zero-order chi connectivity index (χ0) is 17.9. The van der Waals surface area contributed by atoms with Crippen molar-refractivity contribution in [2.45, 2.75) is 44.8 Å². The second-order valence-electron chi connectivity index (χ2n) is 6.43. The van der Waals surface area contributed by atoms with Crippen LogP contribution < -0.4 is 0 Å².